The van der Waals surface area contributed by atoms with Crippen molar-refractivity contribution in [2.75, 3.05) is 5.43 Å². The zero-order valence-electron chi connectivity index (χ0n) is 13.8. The number of hydrogen-bond donors (Lipinski definition) is 2. The van der Waals surface area contributed by atoms with E-state index in [0.717, 1.165) is 20.5 Å². The number of carbonyl (C=O) groups is 2. The van der Waals surface area contributed by atoms with Crippen LogP contribution in [-0.2, 0) is 4.79 Å². The van der Waals surface area contributed by atoms with Gasteiger partial charge < -0.3 is 5.11 Å². The van der Waals surface area contributed by atoms with Gasteiger partial charge in [0.1, 0.15) is 4.88 Å². The van der Waals surface area contributed by atoms with E-state index in [1.165, 1.54) is 0 Å². The van der Waals surface area contributed by atoms with Gasteiger partial charge in [0.05, 0.1) is 10.9 Å². The monoisotopic (exact) mass is 493 g/mol. The normalized spacial score (nSPS) is 12.6. The molecule has 0 radical (unpaired) electrons. The van der Waals surface area contributed by atoms with Gasteiger partial charge in [-0.1, -0.05) is 38.9 Å². The number of nitrogens with zero attached hydrogens (tertiary/aromatic N) is 2. The standard InChI is InChI=1S/C18H9BrClN3O3S2/c19-9-3-6-12-11(7-9)13(16(25)21-12)14-17(26)23(18(27)28-14)22-15(24)8-1-4-10(20)5-2-8/h1-7,26H,(H,22,24). The molecule has 0 atom stereocenters. The quantitative estimate of drug-likeness (QED) is 0.548. The van der Waals surface area contributed by atoms with Crippen LogP contribution in [0.15, 0.2) is 51.9 Å². The Bertz CT molecular complexity index is 1330. The summed E-state index contributed by atoms with van der Waals surface area (Å²) in [7, 11) is 0. The molecule has 0 spiro atoms. The van der Waals surface area contributed by atoms with Crippen molar-refractivity contribution in [3.05, 3.63) is 76.9 Å². The van der Waals surface area contributed by atoms with Crippen LogP contribution in [-0.4, -0.2) is 21.6 Å². The second kappa shape index (κ2) is 7.25. The summed E-state index contributed by atoms with van der Waals surface area (Å²) in [6.07, 6.45) is 0. The maximum atomic E-state index is 12.4. The molecule has 0 unspecified atom stereocenters. The summed E-state index contributed by atoms with van der Waals surface area (Å²) in [5.74, 6) is -1.29. The average molecular weight is 495 g/mol. The van der Waals surface area contributed by atoms with Gasteiger partial charge in [0.15, 0.2) is 3.95 Å². The Morgan fingerprint density at radius 2 is 1.96 bits per heavy atom. The smallest absolute Gasteiger partial charge is 0.279 e. The molecule has 2 heterocycles. The van der Waals surface area contributed by atoms with Gasteiger partial charge in [0, 0.05) is 20.3 Å². The van der Waals surface area contributed by atoms with Gasteiger partial charge in [-0.3, -0.25) is 15.0 Å². The van der Waals surface area contributed by atoms with E-state index in [4.69, 9.17) is 23.8 Å². The molecule has 2 N–H and O–H groups in total. The van der Waals surface area contributed by atoms with Crippen LogP contribution in [0.3, 0.4) is 0 Å². The molecule has 2 aromatic carbocycles. The number of amides is 2. The zero-order chi connectivity index (χ0) is 20.0. The molecule has 10 heteroatoms. The fourth-order valence-electron chi connectivity index (χ4n) is 2.70. The van der Waals surface area contributed by atoms with Crippen LogP contribution in [0, 0.1) is 3.95 Å². The molecular formula is C18H9BrClN3O3S2. The van der Waals surface area contributed by atoms with Crippen molar-refractivity contribution in [1.82, 2.24) is 4.68 Å². The van der Waals surface area contributed by atoms with E-state index < -0.39 is 11.8 Å². The van der Waals surface area contributed by atoms with Crippen molar-refractivity contribution >= 4 is 68.5 Å². The lowest BCUT2D eigenvalue weighted by Gasteiger charge is -2.08. The van der Waals surface area contributed by atoms with E-state index in [-0.39, 0.29) is 20.3 Å². The highest BCUT2D eigenvalue weighted by atomic mass is 79.9. The van der Waals surface area contributed by atoms with Crippen LogP contribution in [0.1, 0.15) is 15.2 Å². The number of aromatic nitrogens is 1. The molecule has 0 saturated carbocycles. The van der Waals surface area contributed by atoms with Crippen molar-refractivity contribution in [2.45, 2.75) is 0 Å². The van der Waals surface area contributed by atoms with E-state index in [9.17, 15) is 14.7 Å². The lowest BCUT2D eigenvalue weighted by atomic mass is 10.1. The Hall–Kier alpha value is -2.33. The van der Waals surface area contributed by atoms with Gasteiger partial charge >= 0.3 is 0 Å². The number of fused-ring (bicyclic) bond motifs is 1. The van der Waals surface area contributed by atoms with Crippen LogP contribution in [0.25, 0.3) is 5.57 Å². The summed E-state index contributed by atoms with van der Waals surface area (Å²) in [5.41, 5.74) is 3.11. The Balaban J connectivity index is 1.79. The summed E-state index contributed by atoms with van der Waals surface area (Å²) < 4.78 is 2.02. The maximum absolute atomic E-state index is 12.4. The van der Waals surface area contributed by atoms with Gasteiger partial charge in [-0.25, -0.2) is 4.99 Å². The van der Waals surface area contributed by atoms with Crippen LogP contribution >= 0.6 is 51.1 Å². The molecule has 1 aliphatic rings. The molecule has 0 fully saturated rings. The molecule has 3 aromatic rings. The molecule has 0 saturated heterocycles. The molecule has 0 aliphatic carbocycles. The minimum Gasteiger partial charge on any atom is -0.492 e. The number of aromatic hydroxyl groups is 1. The predicted octanol–water partition coefficient (Wildman–Crippen LogP) is 3.14. The van der Waals surface area contributed by atoms with Crippen LogP contribution in [0.4, 0.5) is 0 Å². The first-order chi connectivity index (χ1) is 13.3. The summed E-state index contributed by atoms with van der Waals surface area (Å²) in [6, 6.07) is 11.5. The first-order valence-corrected chi connectivity index (χ1v) is 10.2. The third-order valence-electron chi connectivity index (χ3n) is 4.00. The molecule has 1 aromatic heterocycles. The minimum atomic E-state index is -0.483. The Labute approximate surface area is 180 Å². The van der Waals surface area contributed by atoms with Crippen LogP contribution in [0.5, 0.6) is 5.88 Å². The zero-order valence-corrected chi connectivity index (χ0v) is 17.7. The fraction of sp³-hybridized carbons (Fsp3) is 0. The number of carbonyl (C=O) groups excluding carboxylic acids is 2. The largest absolute Gasteiger partial charge is 0.492 e. The second-order valence-electron chi connectivity index (χ2n) is 5.76. The SMILES string of the molecule is O=C1N=c2ccc(Br)cc2=C1c1sc(=S)n(NC(=O)c2ccc(Cl)cc2)c1O. The maximum Gasteiger partial charge on any atom is 0.279 e. The molecule has 140 valence electrons. The number of halogens is 2. The molecule has 28 heavy (non-hydrogen) atoms. The molecule has 2 amide bonds. The molecule has 0 bridgehead atoms. The Morgan fingerprint density at radius 3 is 2.68 bits per heavy atom. The Morgan fingerprint density at radius 1 is 1.25 bits per heavy atom. The van der Waals surface area contributed by atoms with E-state index in [2.05, 4.69) is 26.3 Å². The summed E-state index contributed by atoms with van der Waals surface area (Å²) in [6.45, 7) is 0. The van der Waals surface area contributed by atoms with Crippen molar-refractivity contribution in [1.29, 1.82) is 0 Å². The molecule has 4 rings (SSSR count). The van der Waals surface area contributed by atoms with Gasteiger partial charge in [-0.05, 0) is 54.7 Å². The lowest BCUT2D eigenvalue weighted by molar-refractivity contribution is -0.112. The number of nitrogens with one attached hydrogen (secondary N) is 1. The summed E-state index contributed by atoms with van der Waals surface area (Å²) >= 11 is 15.5. The van der Waals surface area contributed by atoms with Gasteiger partial charge in [0.2, 0.25) is 5.88 Å². The highest BCUT2D eigenvalue weighted by molar-refractivity contribution is 9.10. The number of rotatable bonds is 3. The number of thiazole rings is 1. The van der Waals surface area contributed by atoms with Gasteiger partial charge in [0.25, 0.3) is 11.8 Å². The van der Waals surface area contributed by atoms with E-state index >= 15 is 0 Å². The second-order valence-corrected chi connectivity index (χ2v) is 8.75. The van der Waals surface area contributed by atoms with Gasteiger partial charge in [-0.2, -0.15) is 4.68 Å². The van der Waals surface area contributed by atoms with E-state index in [1.54, 1.807) is 42.5 Å². The van der Waals surface area contributed by atoms with Gasteiger partial charge in [-0.15, -0.1) is 0 Å². The first-order valence-electron chi connectivity index (χ1n) is 7.80. The van der Waals surface area contributed by atoms with Crippen molar-refractivity contribution in [3.63, 3.8) is 0 Å². The lowest BCUT2D eigenvalue weighted by Crippen LogP contribution is -2.23. The predicted molar refractivity (Wildman–Crippen MR) is 112 cm³/mol. The van der Waals surface area contributed by atoms with Crippen molar-refractivity contribution in [3.8, 4) is 5.88 Å². The number of benzene rings is 2. The molecule has 1 aliphatic heterocycles. The van der Waals surface area contributed by atoms with Crippen LogP contribution in [0.2, 0.25) is 5.02 Å². The fourth-order valence-corrected chi connectivity index (χ4v) is 4.45. The summed E-state index contributed by atoms with van der Waals surface area (Å²) in [4.78, 5) is 29.1. The third-order valence-corrected chi connectivity index (χ3v) is 6.12. The topological polar surface area (TPSA) is 83.7 Å². The third kappa shape index (κ3) is 3.30. The van der Waals surface area contributed by atoms with Crippen molar-refractivity contribution in [2.24, 2.45) is 4.99 Å². The Kier molecular flexibility index (Phi) is 4.92. The first kappa shape index (κ1) is 19.0. The minimum absolute atomic E-state index is 0.179. The average Bonchev–Trinajstić information content (AvgIpc) is 3.11. The van der Waals surface area contributed by atoms with Crippen molar-refractivity contribution < 1.29 is 14.7 Å². The highest BCUT2D eigenvalue weighted by Gasteiger charge is 2.26. The van der Waals surface area contributed by atoms with Crippen LogP contribution < -0.4 is 16.0 Å². The summed E-state index contributed by atoms with van der Waals surface area (Å²) in [5, 5.41) is 12.3. The highest BCUT2D eigenvalue weighted by Crippen LogP contribution is 2.32. The number of hydrogen-bond acceptors (Lipinski definition) is 5. The molecule has 6 nitrogen and oxygen atoms in total. The molecular weight excluding hydrogens is 486 g/mol. The van der Waals surface area contributed by atoms with E-state index in [0.29, 0.717) is 21.2 Å². The van der Waals surface area contributed by atoms with E-state index in [1.807, 2.05) is 0 Å².